The number of nitrogens with two attached hydrogens (primary N) is 2. The summed E-state index contributed by atoms with van der Waals surface area (Å²) in [5.41, 5.74) is 20.2. The number of ether oxygens (including phenoxy) is 4. The normalized spacial score (nSPS) is 19.6. The number of urea groups is 2. The van der Waals surface area contributed by atoms with E-state index in [4.69, 9.17) is 53.6 Å². The van der Waals surface area contributed by atoms with Crippen molar-refractivity contribution in [3.63, 3.8) is 0 Å². The van der Waals surface area contributed by atoms with E-state index in [0.29, 0.717) is 156 Å². The molecule has 6 saturated heterocycles. The van der Waals surface area contributed by atoms with E-state index in [1.54, 1.807) is 36.0 Å². The summed E-state index contributed by atoms with van der Waals surface area (Å²) in [5, 5.41) is 6.89. The zero-order valence-corrected chi connectivity index (χ0v) is 67.0. The molecule has 0 spiro atoms. The maximum absolute atomic E-state index is 14.2. The van der Waals surface area contributed by atoms with E-state index in [0.717, 1.165) is 135 Å². The highest BCUT2D eigenvalue weighted by Crippen LogP contribution is 2.37. The summed E-state index contributed by atoms with van der Waals surface area (Å²) in [4.78, 5) is 137. The molecule has 0 aliphatic carbocycles. The van der Waals surface area contributed by atoms with Gasteiger partial charge in [0.2, 0.25) is 0 Å². The van der Waals surface area contributed by atoms with E-state index in [1.165, 1.54) is 4.90 Å². The number of halogens is 2. The fourth-order valence-electron chi connectivity index (χ4n) is 17.1. The number of hydrogen-bond acceptors (Lipinski definition) is 18. The van der Waals surface area contributed by atoms with Gasteiger partial charge in [0.25, 0.3) is 17.7 Å². The summed E-state index contributed by atoms with van der Waals surface area (Å²) in [6.45, 7) is 13.6. The van der Waals surface area contributed by atoms with Crippen molar-refractivity contribution in [3.8, 4) is 0 Å². The first-order chi connectivity index (χ1) is 53.3. The van der Waals surface area contributed by atoms with Gasteiger partial charge in [-0.05, 0) is 225 Å². The number of nitrogens with one attached hydrogen (secondary N) is 2. The zero-order chi connectivity index (χ0) is 79.0. The maximum atomic E-state index is 14.2. The number of nitrogen functional groups attached to an aromatic ring is 2. The topological polar surface area (TPSA) is 299 Å². The van der Waals surface area contributed by atoms with Crippen molar-refractivity contribution in [2.75, 3.05) is 175 Å². The van der Waals surface area contributed by atoms with Crippen LogP contribution in [0.3, 0.4) is 0 Å². The molecule has 0 saturated carbocycles. The first-order valence-electron chi connectivity index (χ1n) is 39.8. The van der Waals surface area contributed by atoms with Gasteiger partial charge in [-0.3, -0.25) is 33.8 Å². The Labute approximate surface area is 663 Å². The highest BCUT2D eigenvalue weighted by Gasteiger charge is 2.41. The molecule has 6 fully saturated rings. The fourth-order valence-corrected chi connectivity index (χ4v) is 17.7. The van der Waals surface area contributed by atoms with E-state index in [-0.39, 0.29) is 73.8 Å². The number of hydrogen-bond donors (Lipinski definition) is 4. The third kappa shape index (κ3) is 22.6. The van der Waals surface area contributed by atoms with Crippen molar-refractivity contribution in [1.29, 1.82) is 0 Å². The number of nitrogens with zero attached hydrogens (tertiary/aromatic N) is 10. The molecular weight excluding hydrogens is 1460 g/mol. The van der Waals surface area contributed by atoms with Crippen LogP contribution in [0.2, 0.25) is 10.0 Å². The van der Waals surface area contributed by atoms with Crippen molar-refractivity contribution in [3.05, 3.63) is 116 Å². The molecule has 0 bridgehead atoms. The van der Waals surface area contributed by atoms with Crippen molar-refractivity contribution in [2.45, 2.75) is 141 Å². The number of amides is 9. The van der Waals surface area contributed by atoms with E-state index in [1.807, 2.05) is 113 Å². The van der Waals surface area contributed by atoms with Gasteiger partial charge in [-0.15, -0.1) is 0 Å². The van der Waals surface area contributed by atoms with Crippen LogP contribution in [0.5, 0.6) is 0 Å². The van der Waals surface area contributed by atoms with Gasteiger partial charge in [0.15, 0.2) is 18.8 Å². The summed E-state index contributed by atoms with van der Waals surface area (Å²) >= 11 is 12.9. The van der Waals surface area contributed by atoms with Crippen LogP contribution in [0.1, 0.15) is 110 Å². The quantitative estimate of drug-likeness (QED) is 0.0343. The lowest BCUT2D eigenvalue weighted by Gasteiger charge is -2.41. The Bertz CT molecular complexity index is 3870. The Morgan fingerprint density at radius 3 is 1.22 bits per heavy atom. The van der Waals surface area contributed by atoms with E-state index < -0.39 is 30.4 Å². The molecule has 604 valence electrons. The molecule has 27 nitrogen and oxygen atoms in total. The predicted molar refractivity (Wildman–Crippen MR) is 426 cm³/mol. The maximum Gasteiger partial charge on any atom is 0.410 e. The van der Waals surface area contributed by atoms with E-state index in [9.17, 15) is 43.2 Å². The van der Waals surface area contributed by atoms with Crippen LogP contribution in [-0.4, -0.2) is 280 Å². The van der Waals surface area contributed by atoms with Crippen molar-refractivity contribution in [1.82, 2.24) is 49.0 Å². The third-order valence-electron chi connectivity index (χ3n) is 23.9. The SMILES string of the molecule is Cc1cc(C[C@@H](OC(=O)N2CCC(N3CCc4ccccc4NC3=O)CC2)C(=O)N2CCC(C3CCN(CC(=O)OCC(=O)N(C)C)CC3)CC2)cc(Cl)c1N.Cc1cc(C[C@@H](OC(=O)N2CCC(N3CCc4ccccc4NC3=O)CC2)C(=O)N2CCC(C3CCN(CC(=O)OCCN(C)C)CC3)CC2)cc(Cl)c1N. The van der Waals surface area contributed by atoms with E-state index in [2.05, 4.69) is 20.4 Å². The second-order valence-electron chi connectivity index (χ2n) is 31.8. The largest absolute Gasteiger partial charge is 0.463 e. The fraction of sp³-hybridized carbons (Fsp3) is 0.598. The minimum atomic E-state index is -1.04. The number of anilines is 4. The average Bonchev–Trinajstić information content (AvgIpc) is 1.18. The van der Waals surface area contributed by atoms with Crippen molar-refractivity contribution in [2.24, 2.45) is 23.7 Å². The Morgan fingerprint density at radius 2 is 0.847 bits per heavy atom. The van der Waals surface area contributed by atoms with Gasteiger partial charge in [-0.1, -0.05) is 71.7 Å². The lowest BCUT2D eigenvalue weighted by Crippen LogP contribution is -2.52. The van der Waals surface area contributed by atoms with Crippen LogP contribution in [-0.2, 0) is 68.6 Å². The number of piperidine rings is 6. The summed E-state index contributed by atoms with van der Waals surface area (Å²) in [6.07, 6.45) is 8.64. The molecule has 8 aliphatic rings. The second-order valence-corrected chi connectivity index (χ2v) is 32.6. The number of aryl methyl sites for hydroxylation is 2. The van der Waals surface area contributed by atoms with E-state index >= 15 is 0 Å². The summed E-state index contributed by atoms with van der Waals surface area (Å²) < 4.78 is 22.7. The molecule has 0 unspecified atom stereocenters. The van der Waals surface area contributed by atoms with Crippen molar-refractivity contribution >= 4 is 99.9 Å². The van der Waals surface area contributed by atoms with Gasteiger partial charge < -0.3 is 80.2 Å². The monoisotopic (exact) mass is 1570 g/mol. The first kappa shape index (κ1) is 83.3. The minimum Gasteiger partial charge on any atom is -0.463 e. The molecule has 2 atom stereocenters. The molecule has 8 heterocycles. The lowest BCUT2D eigenvalue weighted by atomic mass is 9.78. The minimum absolute atomic E-state index is 0.00111. The number of carbonyl (C=O) groups excluding carboxylic acids is 9. The molecule has 0 aromatic heterocycles. The highest BCUT2D eigenvalue weighted by atomic mass is 35.5. The van der Waals surface area contributed by atoms with Gasteiger partial charge in [-0.25, -0.2) is 19.2 Å². The Kier molecular flexibility index (Phi) is 29.4. The van der Waals surface area contributed by atoms with Crippen LogP contribution >= 0.6 is 23.2 Å². The second kappa shape index (κ2) is 39.2. The number of fused-ring (bicyclic) bond motifs is 2. The number of para-hydroxylation sites is 2. The smallest absolute Gasteiger partial charge is 0.410 e. The van der Waals surface area contributed by atoms with Gasteiger partial charge in [0, 0.05) is 122 Å². The molecule has 4 aromatic rings. The molecule has 4 aromatic carbocycles. The number of esters is 2. The Hall–Kier alpha value is -8.63. The van der Waals surface area contributed by atoms with Gasteiger partial charge >= 0.3 is 36.2 Å². The molecule has 9 amide bonds. The molecule has 6 N–H and O–H groups in total. The zero-order valence-electron chi connectivity index (χ0n) is 65.5. The van der Waals surface area contributed by atoms with Crippen molar-refractivity contribution < 1.29 is 62.1 Å². The number of benzene rings is 4. The molecule has 8 aliphatic heterocycles. The van der Waals surface area contributed by atoms with Crippen LogP contribution in [0.15, 0.2) is 72.8 Å². The summed E-state index contributed by atoms with van der Waals surface area (Å²) in [7, 11) is 7.16. The number of carbonyl (C=O) groups is 9. The Balaban J connectivity index is 0.000000220. The first-order valence-corrected chi connectivity index (χ1v) is 40.6. The number of rotatable bonds is 21. The molecular formula is C82H114Cl2N14O13. The van der Waals surface area contributed by atoms with Gasteiger partial charge in [-0.2, -0.15) is 0 Å². The van der Waals surface area contributed by atoms with Gasteiger partial charge in [0.1, 0.15) is 6.61 Å². The molecule has 12 rings (SSSR count). The van der Waals surface area contributed by atoms with Crippen LogP contribution < -0.4 is 22.1 Å². The third-order valence-corrected chi connectivity index (χ3v) is 24.6. The molecule has 0 radical (unpaired) electrons. The summed E-state index contributed by atoms with van der Waals surface area (Å²) in [6, 6.07) is 22.7. The van der Waals surface area contributed by atoms with Crippen LogP contribution in [0.4, 0.5) is 41.9 Å². The van der Waals surface area contributed by atoms with Crippen LogP contribution in [0, 0.1) is 37.5 Å². The van der Waals surface area contributed by atoms with Crippen LogP contribution in [0.25, 0.3) is 0 Å². The molecule has 29 heteroatoms. The summed E-state index contributed by atoms with van der Waals surface area (Å²) in [5.74, 6) is 0.751. The predicted octanol–water partition coefficient (Wildman–Crippen LogP) is 9.30. The highest BCUT2D eigenvalue weighted by molar-refractivity contribution is 6.33. The lowest BCUT2D eigenvalue weighted by molar-refractivity contribution is -0.152. The molecule has 111 heavy (non-hydrogen) atoms. The standard InChI is InChI=1S/C41H56ClN7O7.C41H58ClN7O6/c1-27-22-28(23-33(42)38(27)43)24-35(56-41(54)48-19-13-32(14-20-48)49-21-12-31-6-4-5-7-34(31)44-40(49)53)39(52)47-17-10-30(11-18-47)29-8-15-46(16-9-29)25-37(51)55-26-36(50)45(2)3;1-28-24-29(25-34(42)38(28)43)26-36(55-41(53)48-19-13-33(14-20-48)49-21-12-32-6-4-5-7-35(32)44-40(49)52)39(51)47-17-10-31(11-18-47)30-8-15-46(16-9-30)27-37(50)54-23-22-45(2)3/h4-7,22-23,29-30,32,35H,8-21,24-26,43H2,1-3H3,(H,44,53);4-7,24-25,30-31,33,36H,8-23,26-27,43H2,1-3H3,(H,44,52)/t35-;36-/m11/s1. The van der Waals surface area contributed by atoms with Gasteiger partial charge in [0.05, 0.1) is 34.5 Å². The number of likely N-dealkylation sites (N-methyl/N-ethyl adjacent to an activating group) is 2. The average molecular weight is 1570 g/mol. The number of likely N-dealkylation sites (tertiary alicyclic amines) is 6. The Morgan fingerprint density at radius 1 is 0.486 bits per heavy atom.